The van der Waals surface area contributed by atoms with Crippen LogP contribution in [-0.2, 0) is 4.79 Å². The molecule has 0 aromatic heterocycles. The summed E-state index contributed by atoms with van der Waals surface area (Å²) in [6, 6.07) is 2.19. The number of rotatable bonds is 2. The van der Waals surface area contributed by atoms with Crippen LogP contribution in [0.2, 0.25) is 0 Å². The third-order valence-electron chi connectivity index (χ3n) is 2.57. The van der Waals surface area contributed by atoms with E-state index in [0.29, 0.717) is 18.1 Å². The fourth-order valence-corrected chi connectivity index (χ4v) is 1.76. The van der Waals surface area contributed by atoms with E-state index in [4.69, 9.17) is 0 Å². The molecule has 0 aliphatic heterocycles. The number of alkyl halides is 3. The first-order valence-electron chi connectivity index (χ1n) is 5.54. The molecule has 0 saturated heterocycles. The van der Waals surface area contributed by atoms with Crippen molar-refractivity contribution in [2.45, 2.75) is 6.18 Å². The Hall–Kier alpha value is -2.69. The van der Waals surface area contributed by atoms with E-state index in [1.807, 2.05) is 0 Å². The van der Waals surface area contributed by atoms with E-state index >= 15 is 0 Å². The van der Waals surface area contributed by atoms with E-state index in [1.165, 1.54) is 5.92 Å². The van der Waals surface area contributed by atoms with Crippen molar-refractivity contribution in [3.63, 3.8) is 0 Å². The van der Waals surface area contributed by atoms with Gasteiger partial charge in [-0.3, -0.25) is 4.79 Å². The molecule has 2 aromatic rings. The Morgan fingerprint density at radius 1 is 1.05 bits per heavy atom. The predicted molar refractivity (Wildman–Crippen MR) is 63.4 cm³/mol. The zero-order valence-electron chi connectivity index (χ0n) is 10.4. The molecule has 0 N–H and O–H groups in total. The van der Waals surface area contributed by atoms with E-state index in [9.17, 15) is 31.1 Å². The highest BCUT2D eigenvalue weighted by Gasteiger charge is 2.24. The highest BCUT2D eigenvalue weighted by Crippen LogP contribution is 2.30. The molecule has 8 heteroatoms. The van der Waals surface area contributed by atoms with Crippen LogP contribution in [0.25, 0.3) is 10.8 Å². The van der Waals surface area contributed by atoms with Crippen LogP contribution >= 0.6 is 0 Å². The van der Waals surface area contributed by atoms with Crippen molar-refractivity contribution < 1.29 is 35.9 Å². The number of hydrogen-bond acceptors (Lipinski definition) is 2. The number of carbonyl (C=O) groups excluding carboxylic acids is 1. The molecule has 0 bridgehead atoms. The maximum Gasteiger partial charge on any atom is 0.458 e. The summed E-state index contributed by atoms with van der Waals surface area (Å²) in [5.74, 6) is -2.50. The van der Waals surface area contributed by atoms with Crippen LogP contribution in [0.15, 0.2) is 18.2 Å². The van der Waals surface area contributed by atoms with Gasteiger partial charge in [-0.15, -0.1) is 0 Å². The van der Waals surface area contributed by atoms with Gasteiger partial charge in [0.25, 0.3) is 6.47 Å². The predicted octanol–water partition coefficient (Wildman–Crippen LogP) is 3.71. The monoisotopic (exact) mass is 318 g/mol. The van der Waals surface area contributed by atoms with Crippen molar-refractivity contribution in [2.24, 2.45) is 0 Å². The van der Waals surface area contributed by atoms with Crippen molar-refractivity contribution >= 4 is 17.2 Å². The molecule has 0 radical (unpaired) electrons. The number of hydrogen-bond donors (Lipinski definition) is 0. The second kappa shape index (κ2) is 5.60. The smallest absolute Gasteiger partial charge is 0.429 e. The van der Waals surface area contributed by atoms with Gasteiger partial charge < -0.3 is 4.74 Å². The largest absolute Gasteiger partial charge is 0.458 e. The zero-order chi connectivity index (χ0) is 16.5. The number of carbonyl (C=O) groups is 1. The van der Waals surface area contributed by atoms with Crippen LogP contribution in [0.1, 0.15) is 5.56 Å². The van der Waals surface area contributed by atoms with Crippen molar-refractivity contribution in [1.82, 2.24) is 0 Å². The summed E-state index contributed by atoms with van der Waals surface area (Å²) in [6.07, 6.45) is -4.95. The van der Waals surface area contributed by atoms with Gasteiger partial charge in [0.15, 0.2) is 5.82 Å². The van der Waals surface area contributed by atoms with Crippen molar-refractivity contribution in [3.05, 3.63) is 41.2 Å². The lowest BCUT2D eigenvalue weighted by atomic mass is 10.0. The molecule has 0 aliphatic carbocycles. The van der Waals surface area contributed by atoms with Gasteiger partial charge in [0.1, 0.15) is 17.4 Å². The SMILES string of the molecule is O=COc1cc(F)c2c(F)c(C#CC(F)(F)F)c(F)cc2c1. The number of ether oxygens (including phenoxy) is 1. The van der Waals surface area contributed by atoms with Crippen LogP contribution in [-0.4, -0.2) is 12.6 Å². The number of fused-ring (bicyclic) bond motifs is 1. The second-order valence-corrected chi connectivity index (χ2v) is 4.01. The van der Waals surface area contributed by atoms with Gasteiger partial charge in [0.05, 0.1) is 10.9 Å². The lowest BCUT2D eigenvalue weighted by Crippen LogP contribution is -2.03. The average Bonchev–Trinajstić information content (AvgIpc) is 2.36. The standard InChI is InChI=1S/C14H4F6O2/c15-10-4-7-3-8(22-6-21)5-11(16)12(7)13(17)9(10)1-2-14(18,19)20/h3-6H. The summed E-state index contributed by atoms with van der Waals surface area (Å²) >= 11 is 0. The molecule has 0 amide bonds. The van der Waals surface area contributed by atoms with Gasteiger partial charge in [-0.25, -0.2) is 13.2 Å². The average molecular weight is 318 g/mol. The Bertz CT molecular complexity index is 814. The van der Waals surface area contributed by atoms with Gasteiger partial charge in [-0.05, 0) is 17.5 Å². The molecule has 0 aliphatic rings. The first kappa shape index (κ1) is 15.7. The topological polar surface area (TPSA) is 26.3 Å². The molecule has 0 heterocycles. The van der Waals surface area contributed by atoms with E-state index in [-0.39, 0.29) is 17.6 Å². The van der Waals surface area contributed by atoms with Crippen LogP contribution < -0.4 is 4.74 Å². The van der Waals surface area contributed by atoms with E-state index in [1.54, 1.807) is 0 Å². The summed E-state index contributed by atoms with van der Waals surface area (Å²) < 4.78 is 81.8. The molecular weight excluding hydrogens is 314 g/mol. The van der Waals surface area contributed by atoms with Crippen LogP contribution in [0.4, 0.5) is 26.3 Å². The molecule has 0 saturated carbocycles. The van der Waals surface area contributed by atoms with E-state index in [2.05, 4.69) is 4.74 Å². The highest BCUT2D eigenvalue weighted by molar-refractivity contribution is 5.87. The van der Waals surface area contributed by atoms with Gasteiger partial charge in [-0.1, -0.05) is 5.92 Å². The summed E-state index contributed by atoms with van der Waals surface area (Å²) in [5.41, 5.74) is -1.20. The first-order valence-corrected chi connectivity index (χ1v) is 5.54. The zero-order valence-corrected chi connectivity index (χ0v) is 10.4. The van der Waals surface area contributed by atoms with Gasteiger partial charge in [0, 0.05) is 12.0 Å². The number of halogens is 6. The lowest BCUT2D eigenvalue weighted by molar-refractivity contribution is -0.120. The summed E-state index contributed by atoms with van der Waals surface area (Å²) in [5, 5.41) is -1.09. The minimum Gasteiger partial charge on any atom is -0.429 e. The van der Waals surface area contributed by atoms with Gasteiger partial charge >= 0.3 is 6.18 Å². The maximum absolute atomic E-state index is 14.0. The normalized spacial score (nSPS) is 11.0. The third-order valence-corrected chi connectivity index (χ3v) is 2.57. The third kappa shape index (κ3) is 3.14. The summed E-state index contributed by atoms with van der Waals surface area (Å²) in [7, 11) is 0. The Labute approximate surface area is 119 Å². The maximum atomic E-state index is 14.0. The minimum absolute atomic E-state index is 0.0174. The molecule has 2 nitrogen and oxygen atoms in total. The molecule has 0 fully saturated rings. The Morgan fingerprint density at radius 2 is 1.73 bits per heavy atom. The molecule has 114 valence electrons. The van der Waals surface area contributed by atoms with Crippen molar-refractivity contribution in [3.8, 4) is 17.6 Å². The van der Waals surface area contributed by atoms with Gasteiger partial charge in [0.2, 0.25) is 0 Å². The lowest BCUT2D eigenvalue weighted by Gasteiger charge is -2.07. The molecule has 0 atom stereocenters. The highest BCUT2D eigenvalue weighted by atomic mass is 19.4. The Kier molecular flexibility index (Phi) is 3.99. The van der Waals surface area contributed by atoms with Gasteiger partial charge in [-0.2, -0.15) is 13.2 Å². The Balaban J connectivity index is 2.72. The molecule has 2 aromatic carbocycles. The second-order valence-electron chi connectivity index (χ2n) is 4.01. The van der Waals surface area contributed by atoms with Crippen molar-refractivity contribution in [2.75, 3.05) is 0 Å². The molecule has 0 spiro atoms. The molecular formula is C14H4F6O2. The number of benzene rings is 2. The van der Waals surface area contributed by atoms with E-state index in [0.717, 1.165) is 6.07 Å². The molecule has 0 unspecified atom stereocenters. The molecule has 2 rings (SSSR count). The van der Waals surface area contributed by atoms with Crippen LogP contribution in [0.5, 0.6) is 5.75 Å². The quantitative estimate of drug-likeness (QED) is 0.479. The first-order chi connectivity index (χ1) is 10.2. The fraction of sp³-hybridized carbons (Fsp3) is 0.0714. The van der Waals surface area contributed by atoms with Crippen LogP contribution in [0.3, 0.4) is 0 Å². The minimum atomic E-state index is -4.95. The Morgan fingerprint density at radius 3 is 2.32 bits per heavy atom. The van der Waals surface area contributed by atoms with Crippen molar-refractivity contribution in [1.29, 1.82) is 0 Å². The van der Waals surface area contributed by atoms with E-state index < -0.39 is 34.6 Å². The molecule has 22 heavy (non-hydrogen) atoms. The fourth-order valence-electron chi connectivity index (χ4n) is 1.76. The summed E-state index contributed by atoms with van der Waals surface area (Å²) in [6.45, 7) is -0.0174. The summed E-state index contributed by atoms with van der Waals surface area (Å²) in [4.78, 5) is 10.2. The van der Waals surface area contributed by atoms with Crippen LogP contribution in [0, 0.1) is 29.3 Å².